The zero-order valence-electron chi connectivity index (χ0n) is 15.6. The van der Waals surface area contributed by atoms with Crippen molar-refractivity contribution < 1.29 is 14.5 Å². The van der Waals surface area contributed by atoms with Crippen molar-refractivity contribution in [3.8, 4) is 16.3 Å². The van der Waals surface area contributed by atoms with Gasteiger partial charge in [0.2, 0.25) is 0 Å². The van der Waals surface area contributed by atoms with E-state index in [2.05, 4.69) is 26.2 Å². The van der Waals surface area contributed by atoms with Gasteiger partial charge >= 0.3 is 0 Å². The van der Waals surface area contributed by atoms with Gasteiger partial charge < -0.3 is 10.1 Å². The van der Waals surface area contributed by atoms with Crippen molar-refractivity contribution >= 4 is 54.8 Å². The monoisotopic (exact) mass is 483 g/mol. The van der Waals surface area contributed by atoms with E-state index in [-0.39, 0.29) is 11.3 Å². The molecule has 4 aromatic rings. The SMILES string of the molecule is COc1ccc2nc(-c3ccc(NC(=O)c4ccc(Br)c([N+](=O)[O-])c4)cc3)sc2c1. The topological polar surface area (TPSA) is 94.4 Å². The first-order chi connectivity index (χ1) is 14.4. The number of thiazole rings is 1. The predicted octanol–water partition coefficient (Wildman–Crippen LogP) is 5.89. The Morgan fingerprint density at radius 3 is 2.60 bits per heavy atom. The molecule has 0 aliphatic rings. The average molecular weight is 484 g/mol. The van der Waals surface area contributed by atoms with Gasteiger partial charge in [-0.2, -0.15) is 0 Å². The van der Waals surface area contributed by atoms with Crippen LogP contribution in [0, 0.1) is 10.1 Å². The molecular weight excluding hydrogens is 470 g/mol. The Bertz CT molecular complexity index is 1270. The van der Waals surface area contributed by atoms with Crippen LogP contribution in [0.2, 0.25) is 0 Å². The maximum Gasteiger partial charge on any atom is 0.284 e. The smallest absolute Gasteiger partial charge is 0.284 e. The van der Waals surface area contributed by atoms with E-state index >= 15 is 0 Å². The van der Waals surface area contributed by atoms with Crippen LogP contribution in [0.3, 0.4) is 0 Å². The second-order valence-electron chi connectivity index (χ2n) is 6.31. The fourth-order valence-corrected chi connectivity index (χ4v) is 4.24. The maximum atomic E-state index is 12.5. The summed E-state index contributed by atoms with van der Waals surface area (Å²) in [5, 5.41) is 14.7. The summed E-state index contributed by atoms with van der Waals surface area (Å²) in [5.41, 5.74) is 2.44. The quantitative estimate of drug-likeness (QED) is 0.281. The molecule has 0 atom stereocenters. The van der Waals surface area contributed by atoms with E-state index in [0.717, 1.165) is 26.5 Å². The molecule has 3 aromatic carbocycles. The van der Waals surface area contributed by atoms with Crippen LogP contribution >= 0.6 is 27.3 Å². The molecule has 0 saturated carbocycles. The molecule has 1 amide bonds. The third-order valence-electron chi connectivity index (χ3n) is 4.39. The number of ether oxygens (including phenoxy) is 1. The minimum absolute atomic E-state index is 0.162. The lowest BCUT2D eigenvalue weighted by molar-refractivity contribution is -0.385. The van der Waals surface area contributed by atoms with E-state index in [9.17, 15) is 14.9 Å². The van der Waals surface area contributed by atoms with Crippen LogP contribution in [0.4, 0.5) is 11.4 Å². The van der Waals surface area contributed by atoms with Crippen LogP contribution in [0.15, 0.2) is 65.1 Å². The number of hydrogen-bond donors (Lipinski definition) is 1. The van der Waals surface area contributed by atoms with E-state index in [1.807, 2.05) is 30.3 Å². The van der Waals surface area contributed by atoms with Gasteiger partial charge in [-0.05, 0) is 70.5 Å². The molecule has 0 aliphatic heterocycles. The fourth-order valence-electron chi connectivity index (χ4n) is 2.85. The van der Waals surface area contributed by atoms with Crippen molar-refractivity contribution in [2.45, 2.75) is 0 Å². The molecule has 0 fully saturated rings. The molecular formula is C21H14BrN3O4S. The van der Waals surface area contributed by atoms with Gasteiger partial charge in [-0.3, -0.25) is 14.9 Å². The number of nitro benzene ring substituents is 1. The molecule has 7 nitrogen and oxygen atoms in total. The molecule has 0 aliphatic carbocycles. The number of rotatable bonds is 5. The van der Waals surface area contributed by atoms with Gasteiger partial charge in [0.15, 0.2) is 0 Å². The number of nitro groups is 1. The lowest BCUT2D eigenvalue weighted by atomic mass is 10.1. The largest absolute Gasteiger partial charge is 0.497 e. The van der Waals surface area contributed by atoms with Crippen molar-refractivity contribution in [2.75, 3.05) is 12.4 Å². The van der Waals surface area contributed by atoms with Crippen molar-refractivity contribution in [1.29, 1.82) is 0 Å². The van der Waals surface area contributed by atoms with Crippen LogP contribution in [-0.2, 0) is 0 Å². The highest BCUT2D eigenvalue weighted by Crippen LogP contribution is 2.33. The van der Waals surface area contributed by atoms with Gasteiger partial charge in [0.25, 0.3) is 11.6 Å². The molecule has 0 radical (unpaired) electrons. The number of benzene rings is 3. The molecule has 1 heterocycles. The molecule has 150 valence electrons. The summed E-state index contributed by atoms with van der Waals surface area (Å²) in [6.45, 7) is 0. The minimum Gasteiger partial charge on any atom is -0.497 e. The lowest BCUT2D eigenvalue weighted by Crippen LogP contribution is -2.12. The van der Waals surface area contributed by atoms with Gasteiger partial charge in [0, 0.05) is 22.9 Å². The van der Waals surface area contributed by atoms with Gasteiger partial charge in [-0.1, -0.05) is 0 Å². The lowest BCUT2D eigenvalue weighted by Gasteiger charge is -2.06. The summed E-state index contributed by atoms with van der Waals surface area (Å²) in [4.78, 5) is 27.6. The standard InChI is InChI=1S/C21H14BrN3O4S/c1-29-15-7-9-17-19(11-15)30-21(24-17)12-2-5-14(6-3-12)23-20(26)13-4-8-16(22)18(10-13)25(27)28/h2-11H,1H3,(H,23,26). The maximum absolute atomic E-state index is 12.5. The zero-order valence-corrected chi connectivity index (χ0v) is 18.0. The number of carbonyl (C=O) groups excluding carboxylic acids is 1. The predicted molar refractivity (Wildman–Crippen MR) is 120 cm³/mol. The van der Waals surface area contributed by atoms with Crippen LogP contribution in [0.1, 0.15) is 10.4 Å². The zero-order chi connectivity index (χ0) is 21.3. The number of methoxy groups -OCH3 is 1. The number of halogens is 1. The van der Waals surface area contributed by atoms with Crippen molar-refractivity contribution in [2.24, 2.45) is 0 Å². The molecule has 30 heavy (non-hydrogen) atoms. The first kappa shape index (κ1) is 20.0. The summed E-state index contributed by atoms with van der Waals surface area (Å²) in [7, 11) is 1.63. The molecule has 0 unspecified atom stereocenters. The van der Waals surface area contributed by atoms with Crippen molar-refractivity contribution in [3.63, 3.8) is 0 Å². The normalized spacial score (nSPS) is 10.7. The molecule has 0 bridgehead atoms. The summed E-state index contributed by atoms with van der Waals surface area (Å²) in [6, 6.07) is 17.3. The summed E-state index contributed by atoms with van der Waals surface area (Å²) in [5.74, 6) is 0.356. The minimum atomic E-state index is -0.538. The Balaban J connectivity index is 1.53. The summed E-state index contributed by atoms with van der Waals surface area (Å²) < 4.78 is 6.60. The molecule has 4 rings (SSSR count). The number of hydrogen-bond acceptors (Lipinski definition) is 6. The number of nitrogens with one attached hydrogen (secondary N) is 1. The highest BCUT2D eigenvalue weighted by molar-refractivity contribution is 9.10. The molecule has 1 N–H and O–H groups in total. The highest BCUT2D eigenvalue weighted by Gasteiger charge is 2.16. The number of fused-ring (bicyclic) bond motifs is 1. The van der Waals surface area contributed by atoms with Gasteiger partial charge in [0.05, 0.1) is 26.7 Å². The molecule has 0 spiro atoms. The number of amides is 1. The van der Waals surface area contributed by atoms with Gasteiger partial charge in [0.1, 0.15) is 10.8 Å². The van der Waals surface area contributed by atoms with Crippen LogP contribution in [0.5, 0.6) is 5.75 Å². The van der Waals surface area contributed by atoms with E-state index < -0.39 is 10.8 Å². The molecule has 0 saturated heterocycles. The number of nitrogens with zero attached hydrogens (tertiary/aromatic N) is 2. The van der Waals surface area contributed by atoms with Crippen molar-refractivity contribution in [1.82, 2.24) is 4.98 Å². The number of aromatic nitrogens is 1. The third kappa shape index (κ3) is 4.03. The average Bonchev–Trinajstić information content (AvgIpc) is 3.17. The Kier molecular flexibility index (Phi) is 5.47. The Labute approximate surface area is 183 Å². The second-order valence-corrected chi connectivity index (χ2v) is 8.19. The number of carbonyl (C=O) groups is 1. The van der Waals surface area contributed by atoms with E-state index in [1.165, 1.54) is 18.2 Å². The van der Waals surface area contributed by atoms with Crippen molar-refractivity contribution in [3.05, 3.63) is 80.8 Å². The van der Waals surface area contributed by atoms with E-state index in [4.69, 9.17) is 4.74 Å². The number of anilines is 1. The first-order valence-electron chi connectivity index (χ1n) is 8.75. The van der Waals surface area contributed by atoms with Gasteiger partial charge in [-0.15, -0.1) is 11.3 Å². The first-order valence-corrected chi connectivity index (χ1v) is 10.4. The van der Waals surface area contributed by atoms with Crippen LogP contribution < -0.4 is 10.1 Å². The highest BCUT2D eigenvalue weighted by atomic mass is 79.9. The third-order valence-corrected chi connectivity index (χ3v) is 6.13. The Morgan fingerprint density at radius 1 is 1.13 bits per heavy atom. The summed E-state index contributed by atoms with van der Waals surface area (Å²) >= 11 is 4.67. The second kappa shape index (κ2) is 8.21. The van der Waals surface area contributed by atoms with Crippen LogP contribution in [0.25, 0.3) is 20.8 Å². The molecule has 9 heteroatoms. The fraction of sp³-hybridized carbons (Fsp3) is 0.0476. The van der Waals surface area contributed by atoms with Gasteiger partial charge in [-0.25, -0.2) is 4.98 Å². The Hall–Kier alpha value is -3.30. The molecule has 1 aromatic heterocycles. The Morgan fingerprint density at radius 2 is 1.90 bits per heavy atom. The van der Waals surface area contributed by atoms with E-state index in [1.54, 1.807) is 30.6 Å². The summed E-state index contributed by atoms with van der Waals surface area (Å²) in [6.07, 6.45) is 0. The van der Waals surface area contributed by atoms with Crippen LogP contribution in [-0.4, -0.2) is 22.9 Å². The van der Waals surface area contributed by atoms with E-state index in [0.29, 0.717) is 10.2 Å².